The molecule has 3 aliphatic heterocycles. The first-order valence-electron chi connectivity index (χ1n) is 9.25. The summed E-state index contributed by atoms with van der Waals surface area (Å²) in [5.41, 5.74) is -1.27. The van der Waals surface area contributed by atoms with E-state index in [2.05, 4.69) is 13.8 Å². The molecule has 0 aromatic rings. The molecule has 2 saturated carbocycles. The Bertz CT molecular complexity index is 698. The zero-order chi connectivity index (χ0) is 17.8. The van der Waals surface area contributed by atoms with Gasteiger partial charge < -0.3 is 9.47 Å². The van der Waals surface area contributed by atoms with E-state index in [0.29, 0.717) is 18.8 Å². The summed E-state index contributed by atoms with van der Waals surface area (Å²) in [5.74, 6) is -0.513. The number of hydrogen-bond acceptors (Lipinski definition) is 5. The minimum Gasteiger partial charge on any atom is -0.342 e. The Morgan fingerprint density at radius 2 is 1.88 bits per heavy atom. The standard InChI is InChI=1S/C19H25NO5/c1-17(2)10-7-8-19(17,13(21)9-10)16(22)20-11-5-6-12(25-20)15-14(11)23-18(3,4)24-15/h5-6,10-12,14-15H,7-9H2,1-4H3/t10-,11+,12-,14-,15+,19+/m0/s1. The van der Waals surface area contributed by atoms with E-state index in [4.69, 9.17) is 14.3 Å². The second-order valence-electron chi connectivity index (χ2n) is 9.13. The van der Waals surface area contributed by atoms with Gasteiger partial charge in [-0.05, 0) is 38.0 Å². The fourth-order valence-corrected chi connectivity index (χ4v) is 5.84. The first-order chi connectivity index (χ1) is 11.7. The van der Waals surface area contributed by atoms with Crippen LogP contribution in [0.25, 0.3) is 0 Å². The van der Waals surface area contributed by atoms with Gasteiger partial charge in [0.05, 0.1) is 0 Å². The molecule has 6 nitrogen and oxygen atoms in total. The third kappa shape index (κ3) is 1.76. The van der Waals surface area contributed by atoms with Crippen LogP contribution in [0.3, 0.4) is 0 Å². The molecular weight excluding hydrogens is 322 g/mol. The SMILES string of the molecule is CC1(C)O[C@@H]2[C@H](O1)[C@@H]1C=C[C@H]2N(C(=O)[C@@]23CC[C@@H](CC2=O)C3(C)C)O1. The van der Waals surface area contributed by atoms with Crippen LogP contribution < -0.4 is 0 Å². The zero-order valence-corrected chi connectivity index (χ0v) is 15.2. The number of nitrogens with zero attached hydrogens (tertiary/aromatic N) is 1. The van der Waals surface area contributed by atoms with Crippen LogP contribution in [0.2, 0.25) is 0 Å². The van der Waals surface area contributed by atoms with Crippen molar-refractivity contribution in [3.63, 3.8) is 0 Å². The molecule has 0 spiro atoms. The van der Waals surface area contributed by atoms with Crippen LogP contribution >= 0.6 is 0 Å². The highest BCUT2D eigenvalue weighted by atomic mass is 16.8. The molecule has 2 saturated heterocycles. The molecule has 6 atom stereocenters. The number of hydroxylamine groups is 2. The van der Waals surface area contributed by atoms with E-state index in [0.717, 1.165) is 6.42 Å². The lowest BCUT2D eigenvalue weighted by molar-refractivity contribution is -0.269. The van der Waals surface area contributed by atoms with Gasteiger partial charge in [0.2, 0.25) is 0 Å². The topological polar surface area (TPSA) is 65.1 Å². The monoisotopic (exact) mass is 347 g/mol. The van der Waals surface area contributed by atoms with Gasteiger partial charge >= 0.3 is 0 Å². The molecule has 6 aliphatic rings. The number of fused-ring (bicyclic) bond motifs is 3. The molecule has 0 N–H and O–H groups in total. The van der Waals surface area contributed by atoms with Crippen molar-refractivity contribution in [3.8, 4) is 0 Å². The predicted molar refractivity (Wildman–Crippen MR) is 87.0 cm³/mol. The van der Waals surface area contributed by atoms with E-state index in [-0.39, 0.29) is 41.5 Å². The summed E-state index contributed by atoms with van der Waals surface area (Å²) >= 11 is 0. The Balaban J connectivity index is 1.50. The van der Waals surface area contributed by atoms with Gasteiger partial charge in [-0.2, -0.15) is 0 Å². The van der Waals surface area contributed by atoms with E-state index in [1.165, 1.54) is 5.06 Å². The summed E-state index contributed by atoms with van der Waals surface area (Å²) in [6, 6.07) is -0.345. The molecular formula is C19H25NO5. The van der Waals surface area contributed by atoms with Gasteiger partial charge in [0.1, 0.15) is 35.6 Å². The quantitative estimate of drug-likeness (QED) is 0.536. The van der Waals surface area contributed by atoms with Crippen LogP contribution in [0.1, 0.15) is 47.0 Å². The largest absolute Gasteiger partial charge is 0.342 e. The molecule has 0 unspecified atom stereocenters. The van der Waals surface area contributed by atoms with Crippen molar-refractivity contribution in [1.82, 2.24) is 5.06 Å². The summed E-state index contributed by atoms with van der Waals surface area (Å²) in [5, 5.41) is 1.43. The number of amides is 1. The molecule has 3 aliphatic carbocycles. The minimum atomic E-state index is -0.951. The molecule has 4 bridgehead atoms. The normalized spacial score (nSPS) is 48.2. The summed E-state index contributed by atoms with van der Waals surface area (Å²) in [6.07, 6.45) is 5.15. The Labute approximate surface area is 147 Å². The average Bonchev–Trinajstić information content (AvgIpc) is 3.09. The molecule has 0 aromatic heterocycles. The molecule has 25 heavy (non-hydrogen) atoms. The van der Waals surface area contributed by atoms with Crippen molar-refractivity contribution in [3.05, 3.63) is 12.2 Å². The van der Waals surface area contributed by atoms with E-state index in [1.54, 1.807) is 0 Å². The van der Waals surface area contributed by atoms with Gasteiger partial charge in [-0.1, -0.05) is 26.0 Å². The van der Waals surface area contributed by atoms with Crippen molar-refractivity contribution in [2.45, 2.75) is 77.1 Å². The summed E-state index contributed by atoms with van der Waals surface area (Å²) < 4.78 is 12.0. The zero-order valence-electron chi connectivity index (χ0n) is 15.2. The molecule has 3 heterocycles. The second-order valence-corrected chi connectivity index (χ2v) is 9.13. The number of rotatable bonds is 1. The highest BCUT2D eigenvalue weighted by Crippen LogP contribution is 2.65. The number of Topliss-reactive ketones (excluding diaryl/α,β-unsaturated/α-hetero) is 1. The number of carbonyl (C=O) groups excluding carboxylic acids is 2. The Kier molecular flexibility index (Phi) is 2.90. The molecule has 1 amide bonds. The van der Waals surface area contributed by atoms with Gasteiger partial charge in [-0.15, -0.1) is 0 Å². The smallest absolute Gasteiger partial charge is 0.261 e. The van der Waals surface area contributed by atoms with Gasteiger partial charge in [-0.25, -0.2) is 5.06 Å². The van der Waals surface area contributed by atoms with E-state index in [1.807, 2.05) is 26.0 Å². The molecule has 6 rings (SSSR count). The number of ketones is 1. The molecule has 4 fully saturated rings. The summed E-state index contributed by atoms with van der Waals surface area (Å²) in [4.78, 5) is 32.4. The van der Waals surface area contributed by atoms with Crippen LogP contribution in [0.15, 0.2) is 12.2 Å². The van der Waals surface area contributed by atoms with E-state index in [9.17, 15) is 9.59 Å². The van der Waals surface area contributed by atoms with Gasteiger partial charge in [0.25, 0.3) is 5.91 Å². The summed E-state index contributed by atoms with van der Waals surface area (Å²) in [6.45, 7) is 7.88. The first-order valence-corrected chi connectivity index (χ1v) is 9.25. The lowest BCUT2D eigenvalue weighted by atomic mass is 9.68. The number of hydrogen-bond donors (Lipinski definition) is 0. The lowest BCUT2D eigenvalue weighted by Crippen LogP contribution is -2.65. The predicted octanol–water partition coefficient (Wildman–Crippen LogP) is 1.98. The highest BCUT2D eigenvalue weighted by molar-refractivity contribution is 6.09. The number of ether oxygens (including phenoxy) is 2. The van der Waals surface area contributed by atoms with Gasteiger partial charge in [-0.3, -0.25) is 14.4 Å². The van der Waals surface area contributed by atoms with Gasteiger partial charge in [0.15, 0.2) is 5.79 Å². The van der Waals surface area contributed by atoms with Crippen LogP contribution in [0.4, 0.5) is 0 Å². The fraction of sp³-hybridized carbons (Fsp3) is 0.789. The highest BCUT2D eigenvalue weighted by Gasteiger charge is 2.70. The molecule has 6 heteroatoms. The maximum Gasteiger partial charge on any atom is 0.261 e. The minimum absolute atomic E-state index is 0.0771. The van der Waals surface area contributed by atoms with Gasteiger partial charge in [0, 0.05) is 6.42 Å². The van der Waals surface area contributed by atoms with Crippen LogP contribution in [-0.2, 0) is 23.9 Å². The van der Waals surface area contributed by atoms with Crippen LogP contribution in [-0.4, -0.2) is 46.9 Å². The van der Waals surface area contributed by atoms with Crippen molar-refractivity contribution in [2.24, 2.45) is 16.7 Å². The average molecular weight is 347 g/mol. The Morgan fingerprint density at radius 3 is 2.52 bits per heavy atom. The van der Waals surface area contributed by atoms with Crippen LogP contribution in [0.5, 0.6) is 0 Å². The molecule has 0 radical (unpaired) electrons. The summed E-state index contributed by atoms with van der Waals surface area (Å²) in [7, 11) is 0. The third-order valence-electron chi connectivity index (χ3n) is 7.29. The van der Waals surface area contributed by atoms with Crippen molar-refractivity contribution in [1.29, 1.82) is 0 Å². The van der Waals surface area contributed by atoms with Crippen molar-refractivity contribution < 1.29 is 23.9 Å². The van der Waals surface area contributed by atoms with E-state index >= 15 is 0 Å². The maximum atomic E-state index is 13.6. The second kappa shape index (κ2) is 4.53. The third-order valence-corrected chi connectivity index (χ3v) is 7.29. The lowest BCUT2D eigenvalue weighted by Gasteiger charge is -2.48. The van der Waals surface area contributed by atoms with E-state index < -0.39 is 11.2 Å². The van der Waals surface area contributed by atoms with Crippen LogP contribution in [0, 0.1) is 16.7 Å². The fourth-order valence-electron chi connectivity index (χ4n) is 5.84. The molecule has 136 valence electrons. The maximum absolute atomic E-state index is 13.6. The van der Waals surface area contributed by atoms with Crippen molar-refractivity contribution >= 4 is 11.7 Å². The number of carbonyl (C=O) groups is 2. The van der Waals surface area contributed by atoms with Crippen molar-refractivity contribution in [2.75, 3.05) is 0 Å². The molecule has 0 aromatic carbocycles. The Morgan fingerprint density at radius 1 is 1.16 bits per heavy atom. The Hall–Kier alpha value is -1.24. The first kappa shape index (κ1) is 16.0.